The van der Waals surface area contributed by atoms with Gasteiger partial charge in [-0.3, -0.25) is 4.18 Å². The van der Waals surface area contributed by atoms with Gasteiger partial charge < -0.3 is 0 Å². The predicted molar refractivity (Wildman–Crippen MR) is 107 cm³/mol. The van der Waals surface area contributed by atoms with E-state index in [1.165, 1.54) is 0 Å². The number of benzene rings is 2. The van der Waals surface area contributed by atoms with E-state index in [4.69, 9.17) is 4.18 Å². The number of aryl methyl sites for hydroxylation is 2. The monoisotopic (exact) mass is 418 g/mol. The highest BCUT2D eigenvalue weighted by Gasteiger charge is 2.33. The molecule has 0 spiro atoms. The van der Waals surface area contributed by atoms with Crippen LogP contribution in [0.1, 0.15) is 31.4 Å². The van der Waals surface area contributed by atoms with Crippen LogP contribution in [0.5, 0.6) is 0 Å². The smallest absolute Gasteiger partial charge is 0.286 e. The molecule has 0 saturated carbocycles. The van der Waals surface area contributed by atoms with Crippen molar-refractivity contribution in [2.45, 2.75) is 49.3 Å². The number of hydrogen-bond acceptors (Lipinski definition) is 3. The van der Waals surface area contributed by atoms with Gasteiger partial charge in [0, 0.05) is 5.25 Å². The third-order valence-electron chi connectivity index (χ3n) is 3.47. The highest BCUT2D eigenvalue weighted by Crippen LogP contribution is 2.36. The molecule has 0 fully saturated rings. The molecule has 0 heterocycles. The lowest BCUT2D eigenvalue weighted by atomic mass is 10.1. The van der Waals surface area contributed by atoms with E-state index < -0.39 is 21.8 Å². The minimum absolute atomic E-state index is 0.0987. The Bertz CT molecular complexity index is 674. The van der Waals surface area contributed by atoms with E-state index in [1.807, 2.05) is 51.1 Å². The summed E-state index contributed by atoms with van der Waals surface area (Å²) < 4.78 is 55.6. The summed E-state index contributed by atoms with van der Waals surface area (Å²) in [5, 5.41) is -0.811. The molecule has 2 aromatic rings. The molecule has 150 valence electrons. The first-order valence-corrected chi connectivity index (χ1v) is 10.7. The molecule has 0 aliphatic heterocycles. The van der Waals surface area contributed by atoms with Crippen LogP contribution in [0.2, 0.25) is 0 Å². The van der Waals surface area contributed by atoms with E-state index in [2.05, 4.69) is 0 Å². The Labute approximate surface area is 166 Å². The first-order chi connectivity index (χ1) is 12.8. The second kappa shape index (κ2) is 12.2. The molecule has 0 aliphatic rings. The van der Waals surface area contributed by atoms with Gasteiger partial charge in [-0.2, -0.15) is 13.2 Å². The van der Waals surface area contributed by atoms with Crippen molar-refractivity contribution in [3.63, 3.8) is 0 Å². The summed E-state index contributed by atoms with van der Waals surface area (Å²) in [6, 6.07) is 16.2. The molecular weight excluding hydrogens is 393 g/mol. The Hall–Kier alpha value is -1.31. The average Bonchev–Trinajstić information content (AvgIpc) is 2.66. The summed E-state index contributed by atoms with van der Waals surface area (Å²) in [4.78, 5) is 0.449. The van der Waals surface area contributed by atoms with Gasteiger partial charge in [0.05, 0.1) is 11.5 Å². The Morgan fingerprint density at radius 1 is 1.04 bits per heavy atom. The van der Waals surface area contributed by atoms with E-state index in [0.29, 0.717) is 17.7 Å². The summed E-state index contributed by atoms with van der Waals surface area (Å²) in [5.41, 5.74) is -2.38. The van der Waals surface area contributed by atoms with Gasteiger partial charge >= 0.3 is 5.51 Å². The van der Waals surface area contributed by atoms with Gasteiger partial charge in [-0.25, -0.2) is 4.21 Å². The van der Waals surface area contributed by atoms with E-state index in [0.717, 1.165) is 11.1 Å². The Kier molecular flexibility index (Phi) is 10.7. The third-order valence-corrected chi connectivity index (χ3v) is 5.45. The van der Waals surface area contributed by atoms with E-state index in [1.54, 1.807) is 24.3 Å². The molecule has 2 atom stereocenters. The van der Waals surface area contributed by atoms with Crippen molar-refractivity contribution < 1.29 is 21.6 Å². The number of thioether (sulfide) groups is 1. The summed E-state index contributed by atoms with van der Waals surface area (Å²) >= 11 is -1.87. The lowest BCUT2D eigenvalue weighted by molar-refractivity contribution is -0.0337. The normalized spacial score (nSPS) is 13.4. The number of rotatable bonds is 8. The van der Waals surface area contributed by atoms with Crippen molar-refractivity contribution in [3.05, 3.63) is 65.7 Å². The van der Waals surface area contributed by atoms with Gasteiger partial charge in [0.1, 0.15) is 0 Å². The molecule has 7 heteroatoms. The molecule has 0 N–H and O–H groups in total. The SMILES string of the molecule is CC.Cc1ccc(S(=O)OCC(CCc2ccccc2)SC(F)(F)F)cc1. The lowest BCUT2D eigenvalue weighted by Gasteiger charge is -2.18. The molecule has 2 nitrogen and oxygen atoms in total. The van der Waals surface area contributed by atoms with Gasteiger partial charge in [-0.1, -0.05) is 61.9 Å². The second-order valence-corrected chi connectivity index (χ2v) is 8.08. The van der Waals surface area contributed by atoms with Crippen LogP contribution in [-0.2, 0) is 21.7 Å². The molecule has 0 aliphatic carbocycles. The molecule has 2 unspecified atom stereocenters. The zero-order chi connectivity index (χ0) is 20.3. The fraction of sp³-hybridized carbons (Fsp3) is 0.400. The topological polar surface area (TPSA) is 26.3 Å². The Morgan fingerprint density at radius 2 is 1.63 bits per heavy atom. The van der Waals surface area contributed by atoms with Crippen LogP contribution in [0.4, 0.5) is 13.2 Å². The zero-order valence-corrected chi connectivity index (χ0v) is 17.3. The average molecular weight is 419 g/mol. The van der Waals surface area contributed by atoms with Gasteiger partial charge in [-0.15, -0.1) is 0 Å². The maximum absolute atomic E-state index is 12.8. The van der Waals surface area contributed by atoms with Crippen molar-refractivity contribution in [2.75, 3.05) is 6.61 Å². The molecule has 2 rings (SSSR count). The standard InChI is InChI=1S/C18H19F3O2S2.C2H6/c1-14-7-11-17(12-8-14)25(22)23-13-16(24-18(19,20)21)10-9-15-5-3-2-4-6-15;1-2/h2-8,11-12,16H,9-10,13H2,1H3;1-2H3. The van der Waals surface area contributed by atoms with Crippen molar-refractivity contribution in [2.24, 2.45) is 0 Å². The molecule has 2 aromatic carbocycles. The van der Waals surface area contributed by atoms with Gasteiger partial charge in [0.25, 0.3) is 0 Å². The van der Waals surface area contributed by atoms with E-state index in [-0.39, 0.29) is 18.4 Å². The Morgan fingerprint density at radius 3 is 2.19 bits per heavy atom. The van der Waals surface area contributed by atoms with Crippen molar-refractivity contribution in [1.29, 1.82) is 0 Å². The first kappa shape index (κ1) is 23.7. The second-order valence-electron chi connectivity index (χ2n) is 5.54. The van der Waals surface area contributed by atoms with Gasteiger partial charge in [-0.05, 0) is 49.2 Å². The zero-order valence-electron chi connectivity index (χ0n) is 15.7. The molecule has 27 heavy (non-hydrogen) atoms. The molecule has 0 aromatic heterocycles. The predicted octanol–water partition coefficient (Wildman–Crippen LogP) is 6.31. The fourth-order valence-corrected chi connectivity index (χ4v) is 3.81. The Balaban J connectivity index is 0.00000176. The minimum atomic E-state index is -4.35. The van der Waals surface area contributed by atoms with Crippen LogP contribution in [0, 0.1) is 6.92 Å². The number of alkyl halides is 3. The largest absolute Gasteiger partial charge is 0.442 e. The first-order valence-electron chi connectivity index (χ1n) is 8.74. The van der Waals surface area contributed by atoms with Crippen LogP contribution in [0.25, 0.3) is 0 Å². The van der Waals surface area contributed by atoms with Gasteiger partial charge in [0.15, 0.2) is 11.1 Å². The molecular formula is C20H25F3O2S2. The summed E-state index contributed by atoms with van der Waals surface area (Å²) in [5.74, 6) is 0. The van der Waals surface area contributed by atoms with Crippen molar-refractivity contribution >= 4 is 22.8 Å². The maximum atomic E-state index is 12.8. The summed E-state index contributed by atoms with van der Waals surface area (Å²) in [7, 11) is 0. The van der Waals surface area contributed by atoms with Crippen LogP contribution >= 0.6 is 11.8 Å². The van der Waals surface area contributed by atoms with Crippen LogP contribution in [0.3, 0.4) is 0 Å². The quantitative estimate of drug-likeness (QED) is 0.502. The molecule has 0 bridgehead atoms. The summed E-state index contributed by atoms with van der Waals surface area (Å²) in [6.07, 6.45) is 0.800. The maximum Gasteiger partial charge on any atom is 0.442 e. The highest BCUT2D eigenvalue weighted by atomic mass is 32.2. The van der Waals surface area contributed by atoms with E-state index >= 15 is 0 Å². The van der Waals surface area contributed by atoms with Crippen LogP contribution in [-0.4, -0.2) is 21.6 Å². The summed E-state index contributed by atoms with van der Waals surface area (Å²) in [6.45, 7) is 5.67. The number of hydrogen-bond donors (Lipinski definition) is 0. The molecule has 0 amide bonds. The van der Waals surface area contributed by atoms with Gasteiger partial charge in [0.2, 0.25) is 0 Å². The van der Waals surface area contributed by atoms with Crippen LogP contribution < -0.4 is 0 Å². The molecule has 0 radical (unpaired) electrons. The number of halogens is 3. The fourth-order valence-electron chi connectivity index (χ4n) is 2.19. The van der Waals surface area contributed by atoms with Crippen molar-refractivity contribution in [1.82, 2.24) is 0 Å². The van der Waals surface area contributed by atoms with E-state index in [9.17, 15) is 17.4 Å². The minimum Gasteiger partial charge on any atom is -0.286 e. The third kappa shape index (κ3) is 9.98. The lowest BCUT2D eigenvalue weighted by Crippen LogP contribution is -2.19. The highest BCUT2D eigenvalue weighted by molar-refractivity contribution is 8.00. The van der Waals surface area contributed by atoms with Crippen LogP contribution in [0.15, 0.2) is 59.5 Å². The van der Waals surface area contributed by atoms with Crippen molar-refractivity contribution in [3.8, 4) is 0 Å². The molecule has 0 saturated heterocycles.